The van der Waals surface area contributed by atoms with E-state index >= 15 is 0 Å². The molecule has 0 saturated carbocycles. The van der Waals surface area contributed by atoms with Crippen LogP contribution in [-0.4, -0.2) is 41.6 Å². The molecule has 2 heterocycles. The Hall–Kier alpha value is -2.09. The number of nitrogens with one attached hydrogen (secondary N) is 1. The second-order valence-corrected chi connectivity index (χ2v) is 7.74. The Labute approximate surface area is 168 Å². The maximum Gasteiger partial charge on any atom is 0.270 e. The average Bonchev–Trinajstić information content (AvgIpc) is 2.63. The predicted octanol–water partition coefficient (Wildman–Crippen LogP) is 2.71. The van der Waals surface area contributed by atoms with Gasteiger partial charge in [-0.15, -0.1) is 0 Å². The number of hydrogen-bond acceptors (Lipinski definition) is 6. The summed E-state index contributed by atoms with van der Waals surface area (Å²) in [4.78, 5) is 23.5. The van der Waals surface area contributed by atoms with Gasteiger partial charge in [0.15, 0.2) is 0 Å². The maximum atomic E-state index is 12.5. The summed E-state index contributed by atoms with van der Waals surface area (Å²) in [5, 5.41) is 3.25. The molecule has 0 unspecified atom stereocenters. The Morgan fingerprint density at radius 2 is 1.93 bits per heavy atom. The molecule has 27 heavy (non-hydrogen) atoms. The van der Waals surface area contributed by atoms with E-state index in [0.717, 1.165) is 12.8 Å². The van der Waals surface area contributed by atoms with E-state index in [-0.39, 0.29) is 23.0 Å². The summed E-state index contributed by atoms with van der Waals surface area (Å²) in [7, 11) is 1.53. The summed E-state index contributed by atoms with van der Waals surface area (Å²) >= 11 is 12.5. The minimum absolute atomic E-state index is 0.158. The number of rotatable bonds is 3. The van der Waals surface area contributed by atoms with Gasteiger partial charge in [0.25, 0.3) is 5.91 Å². The van der Waals surface area contributed by atoms with Gasteiger partial charge in [0.1, 0.15) is 11.5 Å². The molecule has 9 heteroatoms. The zero-order chi connectivity index (χ0) is 19.8. The Kier molecular flexibility index (Phi) is 5.46. The highest BCUT2D eigenvalue weighted by atomic mass is 35.5. The summed E-state index contributed by atoms with van der Waals surface area (Å²) in [6.07, 6.45) is 1.60. The van der Waals surface area contributed by atoms with E-state index in [9.17, 15) is 4.79 Å². The van der Waals surface area contributed by atoms with Crippen LogP contribution in [0.25, 0.3) is 11.1 Å². The van der Waals surface area contributed by atoms with Crippen LogP contribution in [0.3, 0.4) is 0 Å². The molecule has 1 aliphatic rings. The van der Waals surface area contributed by atoms with Gasteiger partial charge in [-0.3, -0.25) is 4.79 Å². The van der Waals surface area contributed by atoms with Gasteiger partial charge in [-0.05, 0) is 25.8 Å². The van der Waals surface area contributed by atoms with Gasteiger partial charge in [0.2, 0.25) is 5.95 Å². The van der Waals surface area contributed by atoms with Gasteiger partial charge in [-0.1, -0.05) is 35.3 Å². The molecule has 0 atom stereocenters. The number of nitrogens with two attached hydrogens (primary N) is 2. The molecule has 2 aromatic rings. The van der Waals surface area contributed by atoms with E-state index in [2.05, 4.69) is 15.3 Å². The van der Waals surface area contributed by atoms with E-state index in [4.69, 9.17) is 34.7 Å². The third-order valence-electron chi connectivity index (χ3n) is 4.78. The molecule has 0 bridgehead atoms. The lowest BCUT2D eigenvalue weighted by Crippen LogP contribution is -2.48. The molecule has 1 aliphatic heterocycles. The number of nitrogens with zero attached hydrogens (tertiary/aromatic N) is 3. The minimum atomic E-state index is -0.378. The number of benzene rings is 1. The molecule has 0 spiro atoms. The van der Waals surface area contributed by atoms with Crippen LogP contribution >= 0.6 is 23.2 Å². The smallest absolute Gasteiger partial charge is 0.270 e. The monoisotopic (exact) mass is 408 g/mol. The summed E-state index contributed by atoms with van der Waals surface area (Å²) in [6.45, 7) is 3.41. The normalized spacial score (nSPS) is 16.3. The van der Waals surface area contributed by atoms with E-state index in [1.165, 1.54) is 7.05 Å². The van der Waals surface area contributed by atoms with Gasteiger partial charge < -0.3 is 21.7 Å². The van der Waals surface area contributed by atoms with Crippen molar-refractivity contribution in [2.24, 2.45) is 5.73 Å². The van der Waals surface area contributed by atoms with Crippen molar-refractivity contribution < 1.29 is 4.79 Å². The van der Waals surface area contributed by atoms with Gasteiger partial charge in [-0.2, -0.15) is 4.98 Å². The third-order valence-corrected chi connectivity index (χ3v) is 5.60. The van der Waals surface area contributed by atoms with Gasteiger partial charge in [0.05, 0.1) is 15.6 Å². The first-order valence-electron chi connectivity index (χ1n) is 8.61. The molecule has 5 N–H and O–H groups in total. The molecular formula is C18H22Cl2N6O. The number of piperidine rings is 1. The van der Waals surface area contributed by atoms with Crippen molar-refractivity contribution in [2.75, 3.05) is 30.8 Å². The fourth-order valence-electron chi connectivity index (χ4n) is 3.07. The minimum Gasteiger partial charge on any atom is -0.383 e. The lowest BCUT2D eigenvalue weighted by Gasteiger charge is -2.36. The Morgan fingerprint density at radius 3 is 2.56 bits per heavy atom. The molecule has 1 aromatic heterocycles. The molecule has 7 nitrogen and oxygen atoms in total. The Balaban J connectivity index is 2.10. The molecule has 3 rings (SSSR count). The van der Waals surface area contributed by atoms with Crippen LogP contribution in [0, 0.1) is 0 Å². The van der Waals surface area contributed by atoms with Crippen LogP contribution in [0.4, 0.5) is 11.8 Å². The van der Waals surface area contributed by atoms with Crippen LogP contribution < -0.4 is 21.7 Å². The van der Waals surface area contributed by atoms with E-state index in [1.807, 2.05) is 11.8 Å². The summed E-state index contributed by atoms with van der Waals surface area (Å²) in [6, 6.07) is 5.13. The van der Waals surface area contributed by atoms with E-state index in [1.54, 1.807) is 18.2 Å². The predicted molar refractivity (Wildman–Crippen MR) is 109 cm³/mol. The molecule has 0 aliphatic carbocycles. The van der Waals surface area contributed by atoms with Crippen molar-refractivity contribution in [1.29, 1.82) is 0 Å². The summed E-state index contributed by atoms with van der Waals surface area (Å²) in [5.74, 6) is 0.199. The highest BCUT2D eigenvalue weighted by Crippen LogP contribution is 2.38. The highest BCUT2D eigenvalue weighted by molar-refractivity contribution is 6.44. The number of nitrogen functional groups attached to an aromatic ring is 1. The number of carbonyl (C=O) groups is 1. The van der Waals surface area contributed by atoms with E-state index in [0.29, 0.717) is 40.2 Å². The summed E-state index contributed by atoms with van der Waals surface area (Å²) < 4.78 is 0. The lowest BCUT2D eigenvalue weighted by molar-refractivity contribution is 0.0958. The van der Waals surface area contributed by atoms with E-state index < -0.39 is 0 Å². The highest BCUT2D eigenvalue weighted by Gasteiger charge is 2.29. The molecule has 1 saturated heterocycles. The third kappa shape index (κ3) is 3.95. The topological polar surface area (TPSA) is 110 Å². The van der Waals surface area contributed by atoms with Crippen LogP contribution in [0.2, 0.25) is 10.0 Å². The van der Waals surface area contributed by atoms with Crippen molar-refractivity contribution in [3.8, 4) is 11.1 Å². The first-order chi connectivity index (χ1) is 12.7. The Morgan fingerprint density at radius 1 is 1.26 bits per heavy atom. The quantitative estimate of drug-likeness (QED) is 0.719. The average molecular weight is 409 g/mol. The van der Waals surface area contributed by atoms with Crippen LogP contribution in [0.1, 0.15) is 30.3 Å². The Bertz CT molecular complexity index is 876. The zero-order valence-corrected chi connectivity index (χ0v) is 16.7. The van der Waals surface area contributed by atoms with Crippen molar-refractivity contribution in [3.05, 3.63) is 33.9 Å². The fraction of sp³-hybridized carbons (Fsp3) is 0.389. The SMILES string of the molecule is CNC(=O)c1nc(N2CCC(C)(N)CC2)nc(N)c1-c1cccc(Cl)c1Cl. The number of halogens is 2. The molecule has 144 valence electrons. The molecule has 1 aromatic carbocycles. The van der Waals surface area contributed by atoms with Crippen molar-refractivity contribution in [2.45, 2.75) is 25.3 Å². The second-order valence-electron chi connectivity index (χ2n) is 6.95. The first-order valence-corrected chi connectivity index (χ1v) is 9.37. The molecule has 0 radical (unpaired) electrons. The first kappa shape index (κ1) is 19.7. The van der Waals surface area contributed by atoms with Crippen LogP contribution in [0.5, 0.6) is 0 Å². The number of anilines is 2. The van der Waals surface area contributed by atoms with Crippen molar-refractivity contribution in [1.82, 2.24) is 15.3 Å². The fourth-order valence-corrected chi connectivity index (χ4v) is 3.46. The second kappa shape index (κ2) is 7.50. The van der Waals surface area contributed by atoms with Crippen molar-refractivity contribution in [3.63, 3.8) is 0 Å². The van der Waals surface area contributed by atoms with Gasteiger partial charge >= 0.3 is 0 Å². The van der Waals surface area contributed by atoms with Crippen LogP contribution in [0.15, 0.2) is 18.2 Å². The molecular weight excluding hydrogens is 387 g/mol. The zero-order valence-electron chi connectivity index (χ0n) is 15.2. The number of carbonyl (C=O) groups excluding carboxylic acids is 1. The largest absolute Gasteiger partial charge is 0.383 e. The summed E-state index contributed by atoms with van der Waals surface area (Å²) in [5.41, 5.74) is 13.3. The molecule has 1 amide bonds. The van der Waals surface area contributed by atoms with Crippen molar-refractivity contribution >= 4 is 40.9 Å². The number of amides is 1. The standard InChI is InChI=1S/C18H22Cl2N6O/c1-18(22)6-8-26(9-7-18)17-24-14(16(27)23-2)12(15(21)25-17)10-4-3-5-11(19)13(10)20/h3-5H,6-9,22H2,1-2H3,(H,23,27)(H2,21,24,25). The van der Waals surface area contributed by atoms with Crippen LogP contribution in [-0.2, 0) is 0 Å². The molecule has 1 fully saturated rings. The maximum absolute atomic E-state index is 12.5. The van der Waals surface area contributed by atoms with Gasteiger partial charge in [0, 0.05) is 31.2 Å². The number of aromatic nitrogens is 2. The lowest BCUT2D eigenvalue weighted by atomic mass is 9.91. The van der Waals surface area contributed by atoms with Gasteiger partial charge in [-0.25, -0.2) is 4.98 Å². The number of hydrogen-bond donors (Lipinski definition) is 3.